The number of anilines is 4. The van der Waals surface area contributed by atoms with E-state index in [1.165, 1.54) is 37.3 Å². The van der Waals surface area contributed by atoms with Gasteiger partial charge in [-0.3, -0.25) is 9.69 Å². The van der Waals surface area contributed by atoms with E-state index in [-0.39, 0.29) is 5.91 Å². The van der Waals surface area contributed by atoms with E-state index in [1.54, 1.807) is 12.3 Å². The Balaban J connectivity index is 1.08. The number of rotatable bonds is 6. The van der Waals surface area contributed by atoms with Crippen LogP contribution in [-0.2, 0) is 0 Å². The molecule has 1 aliphatic carbocycles. The lowest BCUT2D eigenvalue weighted by atomic mass is 10.0. The van der Waals surface area contributed by atoms with Gasteiger partial charge in [-0.25, -0.2) is 15.0 Å². The zero-order chi connectivity index (χ0) is 26.2. The lowest BCUT2D eigenvalue weighted by Crippen LogP contribution is -2.50. The van der Waals surface area contributed by atoms with Crippen LogP contribution in [0, 0.1) is 25.7 Å². The summed E-state index contributed by atoms with van der Waals surface area (Å²) in [7, 11) is 0. The van der Waals surface area contributed by atoms with Crippen LogP contribution in [0.1, 0.15) is 33.9 Å². The Morgan fingerprint density at radius 3 is 2.61 bits per heavy atom. The third-order valence-electron chi connectivity index (χ3n) is 8.03. The molecular weight excluding hydrogens is 520 g/mol. The van der Waals surface area contributed by atoms with E-state index in [0.29, 0.717) is 32.4 Å². The molecule has 3 fully saturated rings. The molecule has 2 saturated heterocycles. The van der Waals surface area contributed by atoms with Gasteiger partial charge in [0.05, 0.1) is 16.9 Å². The third-order valence-corrected chi connectivity index (χ3v) is 9.26. The number of piperazine rings is 1. The summed E-state index contributed by atoms with van der Waals surface area (Å²) >= 11 is 7.54. The Labute approximate surface area is 232 Å². The molecule has 1 amide bonds. The predicted octanol–water partition coefficient (Wildman–Crippen LogP) is 4.32. The van der Waals surface area contributed by atoms with Crippen LogP contribution in [0.2, 0.25) is 5.02 Å². The van der Waals surface area contributed by atoms with Crippen molar-refractivity contribution in [2.24, 2.45) is 11.8 Å². The Kier molecular flexibility index (Phi) is 7.22. The van der Waals surface area contributed by atoms with Crippen LogP contribution in [0.15, 0.2) is 30.5 Å². The van der Waals surface area contributed by atoms with Gasteiger partial charge in [-0.05, 0) is 63.2 Å². The van der Waals surface area contributed by atoms with Crippen LogP contribution in [0.3, 0.4) is 0 Å². The van der Waals surface area contributed by atoms with E-state index >= 15 is 0 Å². The minimum absolute atomic E-state index is 0.244. The molecule has 0 radical (unpaired) electrons. The second-order valence-corrected chi connectivity index (χ2v) is 12.0. The van der Waals surface area contributed by atoms with Gasteiger partial charge in [-0.15, -0.1) is 0 Å². The number of hydrogen-bond donors (Lipinski definition) is 3. The van der Waals surface area contributed by atoms with Crippen molar-refractivity contribution in [3.8, 4) is 0 Å². The molecule has 1 unspecified atom stereocenters. The van der Waals surface area contributed by atoms with E-state index in [9.17, 15) is 4.79 Å². The summed E-state index contributed by atoms with van der Waals surface area (Å²) in [5, 5.41) is 10.8. The largest absolute Gasteiger partial charge is 0.354 e. The number of thiazole rings is 1. The first-order valence-corrected chi connectivity index (χ1v) is 14.5. The Hall–Kier alpha value is -2.79. The molecule has 200 valence electrons. The van der Waals surface area contributed by atoms with Gasteiger partial charge in [0.25, 0.3) is 5.91 Å². The number of carbonyl (C=O) groups excluding carboxylic acids is 1. The van der Waals surface area contributed by atoms with Crippen LogP contribution in [0.4, 0.5) is 22.5 Å². The number of aromatic nitrogens is 3. The fourth-order valence-electron chi connectivity index (χ4n) is 6.04. The van der Waals surface area contributed by atoms with Crippen molar-refractivity contribution in [3.05, 3.63) is 51.7 Å². The monoisotopic (exact) mass is 552 g/mol. The number of hydrogen-bond acceptors (Lipinski definition) is 9. The highest BCUT2D eigenvalue weighted by molar-refractivity contribution is 7.17. The van der Waals surface area contributed by atoms with Crippen molar-refractivity contribution in [3.63, 3.8) is 0 Å². The summed E-state index contributed by atoms with van der Waals surface area (Å²) in [5.41, 5.74) is 1.52. The maximum absolute atomic E-state index is 12.8. The number of fused-ring (bicyclic) bond motifs is 1. The SMILES string of the molecule is Cc1nc(Nc2ncc(C(=O)Nc3c(C)cccc3Cl)s2)cc(N2CCN(C3C[C@H]4CNC[C@H]4C3)CC2)n1. The van der Waals surface area contributed by atoms with Crippen LogP contribution >= 0.6 is 22.9 Å². The van der Waals surface area contributed by atoms with Crippen LogP contribution in [0.5, 0.6) is 0 Å². The standard InChI is InChI=1S/C27H33ClN8OS/c1-16-4-3-5-21(28)25(16)34-26(37)22-15-30-27(38-22)33-23-12-24(32-17(2)31-23)36-8-6-35(7-9-36)20-10-18-13-29-14-19(18)11-20/h3-5,12,15,18-20,29H,6-11,13-14H2,1-2H3,(H,34,37)(H,30,31,32,33)/t18-,19+,20?. The van der Waals surface area contributed by atoms with Crippen LogP contribution < -0.4 is 20.9 Å². The second kappa shape index (κ2) is 10.8. The normalized spacial score (nSPS) is 23.4. The van der Waals surface area contributed by atoms with Gasteiger partial charge in [0.2, 0.25) is 0 Å². The molecule has 3 N–H and O–H groups in total. The average Bonchev–Trinajstić information content (AvgIpc) is 3.63. The quantitative estimate of drug-likeness (QED) is 0.416. The molecular formula is C27H33ClN8OS. The smallest absolute Gasteiger partial charge is 0.267 e. The number of benzene rings is 1. The van der Waals surface area contributed by atoms with Crippen molar-refractivity contribution >= 4 is 51.3 Å². The van der Waals surface area contributed by atoms with Gasteiger partial charge in [-0.1, -0.05) is 35.1 Å². The number of halogens is 1. The highest BCUT2D eigenvalue weighted by Gasteiger charge is 2.40. The minimum atomic E-state index is -0.244. The highest BCUT2D eigenvalue weighted by atomic mass is 35.5. The molecule has 9 nitrogen and oxygen atoms in total. The summed E-state index contributed by atoms with van der Waals surface area (Å²) in [6.45, 7) is 10.3. The molecule has 2 aliphatic heterocycles. The second-order valence-electron chi connectivity index (χ2n) is 10.5. The zero-order valence-corrected chi connectivity index (χ0v) is 23.3. The number of aryl methyl sites for hydroxylation is 2. The molecule has 11 heteroatoms. The summed E-state index contributed by atoms with van der Waals surface area (Å²) in [6, 6.07) is 8.24. The minimum Gasteiger partial charge on any atom is -0.354 e. The van der Waals surface area contributed by atoms with E-state index < -0.39 is 0 Å². The number of para-hydroxylation sites is 1. The highest BCUT2D eigenvalue weighted by Crippen LogP contribution is 2.37. The summed E-state index contributed by atoms with van der Waals surface area (Å²) in [6.07, 6.45) is 4.24. The van der Waals surface area contributed by atoms with Gasteiger partial charge < -0.3 is 20.9 Å². The number of nitrogens with zero attached hydrogens (tertiary/aromatic N) is 5. The molecule has 6 rings (SSSR count). The molecule has 1 aromatic carbocycles. The Morgan fingerprint density at radius 2 is 1.87 bits per heavy atom. The van der Waals surface area contributed by atoms with Crippen LogP contribution in [0.25, 0.3) is 0 Å². The molecule has 0 spiro atoms. The van der Waals surface area contributed by atoms with Gasteiger partial charge in [-0.2, -0.15) is 0 Å². The first-order valence-electron chi connectivity index (χ1n) is 13.3. The van der Waals surface area contributed by atoms with Crippen molar-refractivity contribution in [1.82, 2.24) is 25.2 Å². The lowest BCUT2D eigenvalue weighted by Gasteiger charge is -2.39. The van der Waals surface area contributed by atoms with Crippen molar-refractivity contribution in [2.75, 3.05) is 54.8 Å². The molecule has 1 saturated carbocycles. The van der Waals surface area contributed by atoms with E-state index in [0.717, 1.165) is 55.4 Å². The molecule has 3 aromatic rings. The maximum atomic E-state index is 12.8. The first kappa shape index (κ1) is 25.5. The third kappa shape index (κ3) is 5.36. The maximum Gasteiger partial charge on any atom is 0.267 e. The number of carbonyl (C=O) groups is 1. The fraction of sp³-hybridized carbons (Fsp3) is 0.481. The van der Waals surface area contributed by atoms with E-state index in [4.69, 9.17) is 16.6 Å². The van der Waals surface area contributed by atoms with Crippen LogP contribution in [-0.4, -0.2) is 71.1 Å². The molecule has 2 aromatic heterocycles. The van der Waals surface area contributed by atoms with Crippen molar-refractivity contribution in [1.29, 1.82) is 0 Å². The molecule has 3 atom stereocenters. The van der Waals surface area contributed by atoms with E-state index in [2.05, 4.69) is 35.7 Å². The molecule has 38 heavy (non-hydrogen) atoms. The van der Waals surface area contributed by atoms with Crippen molar-refractivity contribution < 1.29 is 4.79 Å². The van der Waals surface area contributed by atoms with Gasteiger partial charge in [0.15, 0.2) is 5.13 Å². The number of nitrogens with one attached hydrogen (secondary N) is 3. The molecule has 0 bridgehead atoms. The first-order chi connectivity index (χ1) is 18.4. The summed E-state index contributed by atoms with van der Waals surface area (Å²) in [5.74, 6) is 3.80. The number of amides is 1. The Bertz CT molecular complexity index is 1290. The lowest BCUT2D eigenvalue weighted by molar-refractivity contribution is 0.103. The van der Waals surface area contributed by atoms with Gasteiger partial charge >= 0.3 is 0 Å². The fourth-order valence-corrected chi connectivity index (χ4v) is 7.03. The summed E-state index contributed by atoms with van der Waals surface area (Å²) in [4.78, 5) is 32.0. The Morgan fingerprint density at radius 1 is 1.11 bits per heavy atom. The molecule has 3 aliphatic rings. The molecule has 4 heterocycles. The topological polar surface area (TPSA) is 98.3 Å². The van der Waals surface area contributed by atoms with Gasteiger partial charge in [0.1, 0.15) is 22.3 Å². The predicted molar refractivity (Wildman–Crippen MR) is 153 cm³/mol. The zero-order valence-electron chi connectivity index (χ0n) is 21.7. The van der Waals surface area contributed by atoms with Gasteiger partial charge in [0, 0.05) is 38.3 Å². The average molecular weight is 553 g/mol. The van der Waals surface area contributed by atoms with E-state index in [1.807, 2.05) is 32.0 Å². The van der Waals surface area contributed by atoms with Crippen molar-refractivity contribution in [2.45, 2.75) is 32.7 Å². The summed E-state index contributed by atoms with van der Waals surface area (Å²) < 4.78 is 0.